The molecule has 26 heavy (non-hydrogen) atoms. The van der Waals surface area contributed by atoms with Crippen LogP contribution in [0.4, 0.5) is 0 Å². The highest BCUT2D eigenvalue weighted by atomic mass is 31.2. The summed E-state index contributed by atoms with van der Waals surface area (Å²) in [6.45, 7) is 6.82. The summed E-state index contributed by atoms with van der Waals surface area (Å²) in [6.07, 6.45) is 3.51. The average Bonchev–Trinajstić information content (AvgIpc) is 2.67. The zero-order valence-corrected chi connectivity index (χ0v) is 16.9. The highest BCUT2D eigenvalue weighted by molar-refractivity contribution is 7.95. The van der Waals surface area contributed by atoms with E-state index in [1.54, 1.807) is 0 Å². The van der Waals surface area contributed by atoms with Gasteiger partial charge in [-0.05, 0) is 54.8 Å². The van der Waals surface area contributed by atoms with Crippen molar-refractivity contribution in [2.75, 3.05) is 6.16 Å². The minimum atomic E-state index is -1.73. The molecule has 0 unspecified atom stereocenters. The van der Waals surface area contributed by atoms with Crippen molar-refractivity contribution in [3.63, 3.8) is 0 Å². The second-order valence-corrected chi connectivity index (χ2v) is 10.7. The van der Waals surface area contributed by atoms with Crippen LogP contribution in [0.25, 0.3) is 0 Å². The first-order valence-corrected chi connectivity index (χ1v) is 11.3. The van der Waals surface area contributed by atoms with E-state index in [1.165, 1.54) is 21.5 Å². The van der Waals surface area contributed by atoms with E-state index >= 15 is 0 Å². The molecule has 0 nitrogen and oxygen atoms in total. The van der Waals surface area contributed by atoms with Gasteiger partial charge in [-0.1, -0.05) is 74.5 Å². The van der Waals surface area contributed by atoms with Gasteiger partial charge in [0.1, 0.15) is 23.2 Å². The second kappa shape index (κ2) is 8.47. The molecular weight excluding hydrogens is 331 g/mol. The predicted octanol–water partition coefficient (Wildman–Crippen LogP) is 5.58. The molecule has 0 bridgehead atoms. The maximum absolute atomic E-state index is 2.42. The zero-order valence-electron chi connectivity index (χ0n) is 16.0. The molecule has 0 N–H and O–H groups in total. The Morgan fingerprint density at radius 2 is 1.04 bits per heavy atom. The Kier molecular flexibility index (Phi) is 6.07. The third-order valence-electron chi connectivity index (χ3n) is 4.70. The first-order valence-electron chi connectivity index (χ1n) is 9.35. The quantitative estimate of drug-likeness (QED) is 0.398. The Hall–Kier alpha value is -2.17. The topological polar surface area (TPSA) is 0 Å². The molecular formula is C25H28P+. The molecule has 0 amide bonds. The van der Waals surface area contributed by atoms with Gasteiger partial charge in [0, 0.05) is 0 Å². The highest BCUT2D eigenvalue weighted by Crippen LogP contribution is 2.56. The van der Waals surface area contributed by atoms with E-state index in [1.807, 2.05) is 0 Å². The van der Waals surface area contributed by atoms with Crippen molar-refractivity contribution in [2.24, 2.45) is 5.92 Å². The van der Waals surface area contributed by atoms with E-state index < -0.39 is 7.26 Å². The van der Waals surface area contributed by atoms with E-state index in [9.17, 15) is 0 Å². The molecule has 0 radical (unpaired) electrons. The van der Waals surface area contributed by atoms with Crippen LogP contribution in [-0.2, 0) is 0 Å². The average molecular weight is 359 g/mol. The van der Waals surface area contributed by atoms with Gasteiger partial charge in [0.2, 0.25) is 0 Å². The third kappa shape index (κ3) is 3.97. The number of benzene rings is 3. The van der Waals surface area contributed by atoms with Crippen molar-refractivity contribution in [2.45, 2.75) is 20.8 Å². The number of hydrogen-bond donors (Lipinski definition) is 0. The van der Waals surface area contributed by atoms with Gasteiger partial charge in [0.05, 0.1) is 6.16 Å². The molecule has 0 saturated heterocycles. The van der Waals surface area contributed by atoms with Crippen molar-refractivity contribution in [3.05, 3.63) is 103 Å². The van der Waals surface area contributed by atoms with Crippen molar-refractivity contribution in [1.29, 1.82) is 0 Å². The minimum Gasteiger partial charge on any atom is -0.0794 e. The molecule has 1 heteroatoms. The molecule has 3 aromatic rings. The molecule has 0 fully saturated rings. The summed E-state index contributed by atoms with van der Waals surface area (Å²) in [7, 11) is -1.73. The summed E-state index contributed by atoms with van der Waals surface area (Å²) < 4.78 is 0. The van der Waals surface area contributed by atoms with Gasteiger partial charge < -0.3 is 0 Å². The summed E-state index contributed by atoms with van der Waals surface area (Å²) in [5, 5.41) is 4.36. The van der Waals surface area contributed by atoms with Crippen LogP contribution >= 0.6 is 7.26 Å². The van der Waals surface area contributed by atoms with Gasteiger partial charge in [-0.25, -0.2) is 0 Å². The summed E-state index contributed by atoms with van der Waals surface area (Å²) in [4.78, 5) is 0. The Morgan fingerprint density at radius 3 is 1.35 bits per heavy atom. The molecule has 0 saturated carbocycles. The molecule has 0 aliphatic heterocycles. The lowest BCUT2D eigenvalue weighted by Gasteiger charge is -2.28. The van der Waals surface area contributed by atoms with E-state index in [-0.39, 0.29) is 0 Å². The van der Waals surface area contributed by atoms with E-state index in [4.69, 9.17) is 0 Å². The normalized spacial score (nSPS) is 12.4. The summed E-state index contributed by atoms with van der Waals surface area (Å²) in [5.41, 5.74) is 1.48. The first kappa shape index (κ1) is 18.6. The Morgan fingerprint density at radius 1 is 0.692 bits per heavy atom. The lowest BCUT2D eigenvalue weighted by molar-refractivity contribution is 0.822. The van der Waals surface area contributed by atoms with Crippen LogP contribution < -0.4 is 15.9 Å². The van der Waals surface area contributed by atoms with Crippen molar-refractivity contribution in [3.8, 4) is 0 Å². The smallest absolute Gasteiger partial charge is 0.0794 e. The molecule has 0 heterocycles. The van der Waals surface area contributed by atoms with Crippen LogP contribution in [-0.4, -0.2) is 6.16 Å². The minimum absolute atomic E-state index is 0.569. The molecule has 0 spiro atoms. The van der Waals surface area contributed by atoms with Crippen LogP contribution in [0.3, 0.4) is 0 Å². The molecule has 3 rings (SSSR count). The Balaban J connectivity index is 2.28. The zero-order chi connectivity index (χ0) is 18.4. The molecule has 0 atom stereocenters. The number of allylic oxidation sites excluding steroid dienone is 2. The standard InChI is InChI=1S/C25H28P/c1-21(2)19-22(3)20-26(23-13-7-4-8-14-23,24-15-9-5-10-16-24)25-17-11-6-12-18-25/h4-19,21H,20H2,1-3H3/q+1/b22-19+. The third-order valence-corrected chi connectivity index (χ3v) is 9.21. The SMILES string of the molecule is C/C(=C\C(C)C)C[P+](c1ccccc1)(c1ccccc1)c1ccccc1. The summed E-state index contributed by atoms with van der Waals surface area (Å²) in [5.74, 6) is 0.569. The number of hydrogen-bond acceptors (Lipinski definition) is 0. The molecule has 3 aromatic carbocycles. The van der Waals surface area contributed by atoms with Gasteiger partial charge in [0.15, 0.2) is 0 Å². The van der Waals surface area contributed by atoms with Gasteiger partial charge in [-0.2, -0.15) is 0 Å². The Labute approximate surface area is 158 Å². The van der Waals surface area contributed by atoms with Crippen molar-refractivity contribution < 1.29 is 0 Å². The summed E-state index contributed by atoms with van der Waals surface area (Å²) >= 11 is 0. The molecule has 0 aromatic heterocycles. The molecule has 132 valence electrons. The molecule has 0 aliphatic rings. The predicted molar refractivity (Wildman–Crippen MR) is 119 cm³/mol. The number of rotatable bonds is 6. The monoisotopic (exact) mass is 359 g/mol. The van der Waals surface area contributed by atoms with Gasteiger partial charge >= 0.3 is 0 Å². The van der Waals surface area contributed by atoms with Crippen LogP contribution in [0.5, 0.6) is 0 Å². The summed E-state index contributed by atoms with van der Waals surface area (Å²) in [6, 6.07) is 33.3. The lowest BCUT2D eigenvalue weighted by atomic mass is 10.1. The van der Waals surface area contributed by atoms with Crippen LogP contribution in [0.1, 0.15) is 20.8 Å². The fourth-order valence-electron chi connectivity index (χ4n) is 3.76. The van der Waals surface area contributed by atoms with Crippen molar-refractivity contribution in [1.82, 2.24) is 0 Å². The Bertz CT molecular complexity index is 736. The van der Waals surface area contributed by atoms with Gasteiger partial charge in [-0.15, -0.1) is 0 Å². The van der Waals surface area contributed by atoms with Crippen molar-refractivity contribution >= 4 is 23.2 Å². The van der Waals surface area contributed by atoms with Crippen LogP contribution in [0.2, 0.25) is 0 Å². The lowest BCUT2D eigenvalue weighted by Crippen LogP contribution is -2.33. The van der Waals surface area contributed by atoms with E-state index in [2.05, 4.69) is 118 Å². The largest absolute Gasteiger partial charge is 0.116 e. The van der Waals surface area contributed by atoms with Crippen LogP contribution in [0, 0.1) is 5.92 Å². The first-order chi connectivity index (χ1) is 12.6. The van der Waals surface area contributed by atoms with E-state index in [0.29, 0.717) is 5.92 Å². The highest BCUT2D eigenvalue weighted by Gasteiger charge is 2.45. The maximum Gasteiger partial charge on any atom is 0.116 e. The van der Waals surface area contributed by atoms with Gasteiger partial charge in [-0.3, -0.25) is 0 Å². The second-order valence-electron chi connectivity index (χ2n) is 7.23. The fourth-order valence-corrected chi connectivity index (χ4v) is 8.10. The van der Waals surface area contributed by atoms with E-state index in [0.717, 1.165) is 6.16 Å². The van der Waals surface area contributed by atoms with Crippen LogP contribution in [0.15, 0.2) is 103 Å². The maximum atomic E-state index is 2.42. The fraction of sp³-hybridized carbons (Fsp3) is 0.200. The molecule has 0 aliphatic carbocycles. The van der Waals surface area contributed by atoms with Gasteiger partial charge in [0.25, 0.3) is 0 Å².